The Morgan fingerprint density at radius 2 is 0.865 bits per heavy atom. The highest BCUT2D eigenvalue weighted by Crippen LogP contribution is 2.43. The van der Waals surface area contributed by atoms with Crippen molar-refractivity contribution in [3.63, 3.8) is 0 Å². The summed E-state index contributed by atoms with van der Waals surface area (Å²) in [6.07, 6.45) is 0. The molecule has 266 valence electrons. The maximum Gasteiger partial charge on any atom is 0.295 e. The van der Waals surface area contributed by atoms with E-state index in [2.05, 4.69) is 26.5 Å². The highest BCUT2D eigenvalue weighted by atomic mass is 32.2. The molecule has 0 amide bonds. The Bertz CT molecular complexity index is 2780. The molecular weight excluding hydrogens is 705 g/mol. The molecule has 52 heavy (non-hydrogen) atoms. The maximum absolute atomic E-state index is 12.0. The van der Waals surface area contributed by atoms with Gasteiger partial charge in [-0.15, -0.1) is 10.2 Å². The molecule has 12 nitrogen and oxygen atoms in total. The molecule has 4 N–H and O–H groups in total. The van der Waals surface area contributed by atoms with Crippen LogP contribution in [-0.4, -0.2) is 36.2 Å². The third-order valence-corrected chi connectivity index (χ3v) is 11.1. The van der Waals surface area contributed by atoms with Gasteiger partial charge >= 0.3 is 0 Å². The lowest BCUT2D eigenvalue weighted by atomic mass is 9.95. The lowest BCUT2D eigenvalue weighted by molar-refractivity contribution is 0.479. The molecule has 6 aromatic rings. The second kappa shape index (κ2) is 13.2. The fourth-order valence-electron chi connectivity index (χ4n) is 6.34. The minimum Gasteiger partial charge on any atom is -0.505 e. The van der Waals surface area contributed by atoms with E-state index in [0.717, 1.165) is 49.7 Å². The number of benzene rings is 6. The van der Waals surface area contributed by atoms with Gasteiger partial charge in [-0.3, -0.25) is 9.11 Å². The first kappa shape index (κ1) is 36.3. The molecule has 0 aliphatic rings. The Labute approximate surface area is 300 Å². The summed E-state index contributed by atoms with van der Waals surface area (Å²) >= 11 is 0. The van der Waals surface area contributed by atoms with Gasteiger partial charge in [0.25, 0.3) is 20.2 Å². The smallest absolute Gasteiger partial charge is 0.295 e. The van der Waals surface area contributed by atoms with Gasteiger partial charge in [-0.25, -0.2) is 0 Å². The topological polar surface area (TPSA) is 199 Å². The standard InChI is InChI=1S/C38H34N4O8S2/c1-19-15-20(2)27-9-13-31(37(43)35(27)23(19)5)41-39-29-11-7-25(16-21(29)3)26-8-12-30(22(4)17-26)40-42-32-14-10-28-34(52(48,49)50)18-33(51(45,46)47)24(6)36(28)38(32)44/h7-18,43-44H,1-6H3,(H,45,46,47)(H,48,49,50). The van der Waals surface area contributed by atoms with Gasteiger partial charge in [0.1, 0.15) is 16.3 Å². The molecule has 0 aliphatic carbocycles. The molecule has 6 rings (SSSR count). The van der Waals surface area contributed by atoms with Crippen LogP contribution >= 0.6 is 0 Å². The summed E-state index contributed by atoms with van der Waals surface area (Å²) in [6, 6.07) is 20.2. The average molecular weight is 739 g/mol. The van der Waals surface area contributed by atoms with Crippen molar-refractivity contribution in [2.75, 3.05) is 0 Å². The number of hydrogen-bond acceptors (Lipinski definition) is 10. The van der Waals surface area contributed by atoms with Crippen molar-refractivity contribution < 1.29 is 36.2 Å². The Morgan fingerprint density at radius 3 is 1.33 bits per heavy atom. The minimum absolute atomic E-state index is 0.0936. The highest BCUT2D eigenvalue weighted by molar-refractivity contribution is 7.86. The van der Waals surface area contributed by atoms with Crippen molar-refractivity contribution in [2.45, 2.75) is 51.3 Å². The number of azo groups is 2. The SMILES string of the molecule is Cc1cc(-c2ccc(N=Nc3ccc4c(S(=O)(=O)O)cc(S(=O)(=O)O)c(C)c4c3O)c(C)c2)ccc1N=Nc1ccc2c(C)cc(C)c(C)c2c1O. The zero-order valence-corrected chi connectivity index (χ0v) is 30.6. The second-order valence-corrected chi connectivity index (χ2v) is 15.5. The van der Waals surface area contributed by atoms with Gasteiger partial charge in [0.05, 0.1) is 16.3 Å². The largest absolute Gasteiger partial charge is 0.505 e. The maximum atomic E-state index is 12.0. The fraction of sp³-hybridized carbons (Fsp3) is 0.158. The van der Waals surface area contributed by atoms with Crippen molar-refractivity contribution in [3.05, 3.63) is 106 Å². The fourth-order valence-corrected chi connectivity index (χ4v) is 7.89. The summed E-state index contributed by atoms with van der Waals surface area (Å²) in [5, 5.41) is 40.7. The third kappa shape index (κ3) is 6.64. The molecule has 0 radical (unpaired) electrons. The second-order valence-electron chi connectivity index (χ2n) is 12.7. The number of phenolic OH excluding ortho intramolecular Hbond substituents is 2. The Morgan fingerprint density at radius 1 is 0.442 bits per heavy atom. The van der Waals surface area contributed by atoms with E-state index in [-0.39, 0.29) is 27.8 Å². The lowest BCUT2D eigenvalue weighted by Gasteiger charge is -2.13. The Balaban J connectivity index is 1.28. The first-order valence-electron chi connectivity index (χ1n) is 15.9. The molecule has 0 spiro atoms. The highest BCUT2D eigenvalue weighted by Gasteiger charge is 2.26. The van der Waals surface area contributed by atoms with Crippen LogP contribution in [0.3, 0.4) is 0 Å². The van der Waals surface area contributed by atoms with E-state index in [4.69, 9.17) is 0 Å². The number of aryl methyl sites for hydroxylation is 6. The number of fused-ring (bicyclic) bond motifs is 2. The molecular formula is C38H34N4O8S2. The molecule has 0 atom stereocenters. The molecule has 0 aromatic heterocycles. The molecule has 0 saturated heterocycles. The van der Waals surface area contributed by atoms with E-state index in [0.29, 0.717) is 23.1 Å². The van der Waals surface area contributed by atoms with Gasteiger partial charge in [0.15, 0.2) is 11.5 Å². The summed E-state index contributed by atoms with van der Waals surface area (Å²) in [4.78, 5) is -1.60. The minimum atomic E-state index is -4.94. The summed E-state index contributed by atoms with van der Waals surface area (Å²) < 4.78 is 67.5. The predicted molar refractivity (Wildman–Crippen MR) is 200 cm³/mol. The monoisotopic (exact) mass is 738 g/mol. The van der Waals surface area contributed by atoms with Gasteiger partial charge in [0.2, 0.25) is 0 Å². The number of aromatic hydroxyl groups is 2. The van der Waals surface area contributed by atoms with Gasteiger partial charge < -0.3 is 10.2 Å². The van der Waals surface area contributed by atoms with E-state index in [1.807, 2.05) is 71.0 Å². The zero-order valence-electron chi connectivity index (χ0n) is 29.0. The summed E-state index contributed by atoms with van der Waals surface area (Å²) in [6.45, 7) is 11.0. The Hall–Kier alpha value is -5.54. The van der Waals surface area contributed by atoms with Crippen LogP contribution in [0.25, 0.3) is 32.7 Å². The van der Waals surface area contributed by atoms with Crippen LogP contribution in [0.5, 0.6) is 11.5 Å². The van der Waals surface area contributed by atoms with E-state index in [1.54, 1.807) is 12.1 Å². The molecule has 0 heterocycles. The van der Waals surface area contributed by atoms with Crippen LogP contribution in [0.2, 0.25) is 0 Å². The Kier molecular flexibility index (Phi) is 9.21. The predicted octanol–water partition coefficient (Wildman–Crippen LogP) is 10.2. The van der Waals surface area contributed by atoms with Crippen LogP contribution in [0.1, 0.15) is 33.4 Å². The van der Waals surface area contributed by atoms with E-state index in [1.165, 1.54) is 19.1 Å². The number of nitrogens with zero attached hydrogens (tertiary/aromatic N) is 4. The molecule has 14 heteroatoms. The van der Waals surface area contributed by atoms with Crippen LogP contribution in [0, 0.1) is 41.5 Å². The van der Waals surface area contributed by atoms with Crippen molar-refractivity contribution in [2.24, 2.45) is 20.5 Å². The number of phenols is 2. The quantitative estimate of drug-likeness (QED) is 0.0915. The first-order valence-corrected chi connectivity index (χ1v) is 18.8. The first-order chi connectivity index (χ1) is 24.4. The van der Waals surface area contributed by atoms with E-state index >= 15 is 0 Å². The average Bonchev–Trinajstić information content (AvgIpc) is 3.06. The molecule has 0 unspecified atom stereocenters. The van der Waals surface area contributed by atoms with E-state index in [9.17, 15) is 36.2 Å². The molecule has 0 fully saturated rings. The summed E-state index contributed by atoms with van der Waals surface area (Å²) in [5.74, 6) is -0.497. The summed E-state index contributed by atoms with van der Waals surface area (Å²) in [5.41, 5.74) is 7.79. The van der Waals surface area contributed by atoms with Gasteiger partial charge in [0, 0.05) is 16.2 Å². The van der Waals surface area contributed by atoms with Crippen molar-refractivity contribution >= 4 is 64.5 Å². The molecule has 0 saturated carbocycles. The van der Waals surface area contributed by atoms with Crippen molar-refractivity contribution in [3.8, 4) is 22.6 Å². The molecule has 0 aliphatic heterocycles. The number of rotatable bonds is 7. The molecule has 6 aromatic carbocycles. The normalized spacial score (nSPS) is 12.5. The summed E-state index contributed by atoms with van der Waals surface area (Å²) in [7, 11) is -9.86. The van der Waals surface area contributed by atoms with Crippen molar-refractivity contribution in [1.29, 1.82) is 0 Å². The van der Waals surface area contributed by atoms with Gasteiger partial charge in [-0.05, 0) is 134 Å². The molecule has 0 bridgehead atoms. The van der Waals surface area contributed by atoms with Crippen LogP contribution in [-0.2, 0) is 20.2 Å². The van der Waals surface area contributed by atoms with Gasteiger partial charge in [-0.2, -0.15) is 27.1 Å². The third-order valence-electron chi connectivity index (χ3n) is 9.22. The van der Waals surface area contributed by atoms with Crippen LogP contribution < -0.4 is 0 Å². The lowest BCUT2D eigenvalue weighted by Crippen LogP contribution is -2.07. The van der Waals surface area contributed by atoms with E-state index < -0.39 is 35.8 Å². The van der Waals surface area contributed by atoms with Crippen molar-refractivity contribution in [1.82, 2.24) is 0 Å². The van der Waals surface area contributed by atoms with Gasteiger partial charge in [-0.1, -0.05) is 30.3 Å². The zero-order chi connectivity index (χ0) is 37.9. The number of hydrogen-bond donors (Lipinski definition) is 4. The van der Waals surface area contributed by atoms with Crippen LogP contribution in [0.4, 0.5) is 22.7 Å². The van der Waals surface area contributed by atoms with Crippen LogP contribution in [0.15, 0.2) is 103 Å².